The van der Waals surface area contributed by atoms with Gasteiger partial charge in [0.1, 0.15) is 0 Å². The topological polar surface area (TPSA) is 55.1 Å². The summed E-state index contributed by atoms with van der Waals surface area (Å²) in [7, 11) is 0. The van der Waals surface area contributed by atoms with Gasteiger partial charge in [-0.15, -0.1) is 0 Å². The minimum absolute atomic E-state index is 0.0157. The number of carbonyl (C=O) groups excluding carboxylic acids is 1. The Morgan fingerprint density at radius 1 is 1.20 bits per heavy atom. The van der Waals surface area contributed by atoms with Gasteiger partial charge in [-0.25, -0.2) is 0 Å². The Bertz CT molecular complexity index is 256. The number of hydrogen-bond acceptors (Lipinski definition) is 2. The zero-order chi connectivity index (χ0) is 10.7. The molecule has 3 heteroatoms. The Balaban J connectivity index is 1.79. The lowest BCUT2D eigenvalue weighted by molar-refractivity contribution is -0.124. The van der Waals surface area contributed by atoms with E-state index in [2.05, 4.69) is 5.32 Å². The lowest BCUT2D eigenvalue weighted by Crippen LogP contribution is -2.39. The summed E-state index contributed by atoms with van der Waals surface area (Å²) in [6, 6.07) is 0.489. The molecule has 2 atom stereocenters. The van der Waals surface area contributed by atoms with E-state index in [1.54, 1.807) is 0 Å². The van der Waals surface area contributed by atoms with Gasteiger partial charge in [-0.2, -0.15) is 0 Å². The van der Waals surface area contributed by atoms with Gasteiger partial charge >= 0.3 is 0 Å². The van der Waals surface area contributed by atoms with Crippen LogP contribution in [0.1, 0.15) is 38.5 Å². The van der Waals surface area contributed by atoms with Crippen LogP contribution in [0, 0.1) is 5.92 Å². The van der Waals surface area contributed by atoms with E-state index in [0.29, 0.717) is 6.04 Å². The first-order chi connectivity index (χ1) is 7.25. The van der Waals surface area contributed by atoms with E-state index in [9.17, 15) is 4.79 Å². The minimum Gasteiger partial charge on any atom is -0.353 e. The summed E-state index contributed by atoms with van der Waals surface area (Å²) in [5.74, 6) is 0.188. The zero-order valence-electron chi connectivity index (χ0n) is 9.11. The highest BCUT2D eigenvalue weighted by Gasteiger charge is 2.25. The van der Waals surface area contributed by atoms with Gasteiger partial charge in [0.15, 0.2) is 0 Å². The number of amides is 1. The third-order valence-corrected chi connectivity index (χ3v) is 3.41. The van der Waals surface area contributed by atoms with E-state index < -0.39 is 0 Å². The number of nitrogens with two attached hydrogens (primary N) is 1. The molecule has 0 bridgehead atoms. The van der Waals surface area contributed by atoms with Crippen molar-refractivity contribution in [3.63, 3.8) is 0 Å². The zero-order valence-corrected chi connectivity index (χ0v) is 9.11. The van der Waals surface area contributed by atoms with Gasteiger partial charge in [0.25, 0.3) is 0 Å². The van der Waals surface area contributed by atoms with Gasteiger partial charge < -0.3 is 11.1 Å². The van der Waals surface area contributed by atoms with Crippen LogP contribution in [0.3, 0.4) is 0 Å². The largest absolute Gasteiger partial charge is 0.353 e. The second kappa shape index (κ2) is 4.79. The van der Waals surface area contributed by atoms with Gasteiger partial charge in [-0.1, -0.05) is 31.4 Å². The first-order valence-corrected chi connectivity index (χ1v) is 6.00. The Kier molecular flexibility index (Phi) is 3.41. The Hall–Kier alpha value is -0.830. The molecule has 1 fully saturated rings. The minimum atomic E-state index is 0.0157. The van der Waals surface area contributed by atoms with Crippen LogP contribution in [0.5, 0.6) is 0 Å². The lowest BCUT2D eigenvalue weighted by atomic mass is 9.95. The van der Waals surface area contributed by atoms with Crippen molar-refractivity contribution in [1.82, 2.24) is 5.32 Å². The second-order valence-electron chi connectivity index (χ2n) is 4.73. The molecule has 0 aromatic heterocycles. The molecular weight excluding hydrogens is 188 g/mol. The van der Waals surface area contributed by atoms with E-state index in [0.717, 1.165) is 19.3 Å². The average molecular weight is 208 g/mol. The third kappa shape index (κ3) is 2.81. The number of nitrogens with one attached hydrogen (secondary N) is 1. The molecule has 0 spiro atoms. The maximum absolute atomic E-state index is 11.8. The smallest absolute Gasteiger partial charge is 0.227 e. The fraction of sp³-hybridized carbons (Fsp3) is 0.750. The molecule has 1 amide bonds. The van der Waals surface area contributed by atoms with Crippen LogP contribution in [0.4, 0.5) is 0 Å². The number of hydrogen-bond donors (Lipinski definition) is 2. The summed E-state index contributed by atoms with van der Waals surface area (Å²) < 4.78 is 0. The van der Waals surface area contributed by atoms with Crippen molar-refractivity contribution < 1.29 is 4.79 Å². The average Bonchev–Trinajstić information content (AvgIpc) is 2.66. The molecule has 2 aliphatic rings. The van der Waals surface area contributed by atoms with Crippen molar-refractivity contribution in [2.75, 3.05) is 0 Å². The van der Waals surface area contributed by atoms with E-state index >= 15 is 0 Å². The van der Waals surface area contributed by atoms with E-state index in [4.69, 9.17) is 5.73 Å². The summed E-state index contributed by atoms with van der Waals surface area (Å²) in [5, 5.41) is 3.14. The first-order valence-electron chi connectivity index (χ1n) is 6.00. The monoisotopic (exact) mass is 208 g/mol. The molecule has 0 aromatic rings. The summed E-state index contributed by atoms with van der Waals surface area (Å²) in [4.78, 5) is 11.8. The molecular formula is C12H20N2O. The molecule has 3 N–H and O–H groups in total. The standard InChI is InChI=1S/C12H20N2O/c13-10-7-6-9(8-10)12(15)14-11-4-2-1-3-5-11/h6-7,9-11H,1-5,8,13H2,(H,14,15). The second-order valence-corrected chi connectivity index (χ2v) is 4.73. The maximum atomic E-state index is 11.8. The predicted molar refractivity (Wildman–Crippen MR) is 60.2 cm³/mol. The summed E-state index contributed by atoms with van der Waals surface area (Å²) >= 11 is 0. The van der Waals surface area contributed by atoms with Crippen molar-refractivity contribution in [2.45, 2.75) is 50.6 Å². The highest BCUT2D eigenvalue weighted by Crippen LogP contribution is 2.20. The molecule has 0 radical (unpaired) electrons. The van der Waals surface area contributed by atoms with Crippen LogP contribution in [-0.2, 0) is 4.79 Å². The molecule has 3 nitrogen and oxygen atoms in total. The third-order valence-electron chi connectivity index (χ3n) is 3.41. The molecule has 1 saturated carbocycles. The predicted octanol–water partition coefficient (Wildman–Crippen LogP) is 1.34. The first kappa shape index (κ1) is 10.7. The SMILES string of the molecule is NC1C=CC(C(=O)NC2CCCCC2)C1. The fourth-order valence-corrected chi connectivity index (χ4v) is 2.48. The number of rotatable bonds is 2. The Morgan fingerprint density at radius 3 is 2.53 bits per heavy atom. The molecule has 2 aliphatic carbocycles. The van der Waals surface area contributed by atoms with Gasteiger partial charge in [0.05, 0.1) is 5.92 Å². The van der Waals surface area contributed by atoms with Gasteiger partial charge in [0.2, 0.25) is 5.91 Å². The van der Waals surface area contributed by atoms with Crippen LogP contribution in [0.2, 0.25) is 0 Å². The summed E-state index contributed by atoms with van der Waals surface area (Å²) in [6.45, 7) is 0. The molecule has 0 heterocycles. The molecule has 2 rings (SSSR count). The highest BCUT2D eigenvalue weighted by molar-refractivity contribution is 5.81. The van der Waals surface area contributed by atoms with Gasteiger partial charge in [-0.05, 0) is 19.3 Å². The quantitative estimate of drug-likeness (QED) is 0.673. The van der Waals surface area contributed by atoms with E-state index in [1.807, 2.05) is 12.2 Å². The summed E-state index contributed by atoms with van der Waals surface area (Å²) in [5.41, 5.74) is 5.73. The normalized spacial score (nSPS) is 31.8. The van der Waals surface area contributed by atoms with Crippen LogP contribution >= 0.6 is 0 Å². The fourth-order valence-electron chi connectivity index (χ4n) is 2.48. The lowest BCUT2D eigenvalue weighted by Gasteiger charge is -2.24. The molecule has 0 saturated heterocycles. The van der Waals surface area contributed by atoms with Crippen molar-refractivity contribution >= 4 is 5.91 Å². The van der Waals surface area contributed by atoms with Crippen LogP contribution < -0.4 is 11.1 Å². The molecule has 15 heavy (non-hydrogen) atoms. The molecule has 84 valence electrons. The van der Waals surface area contributed by atoms with Gasteiger partial charge in [-0.3, -0.25) is 4.79 Å². The van der Waals surface area contributed by atoms with Crippen LogP contribution in [0.25, 0.3) is 0 Å². The van der Waals surface area contributed by atoms with Crippen LogP contribution in [-0.4, -0.2) is 18.0 Å². The molecule has 0 aromatic carbocycles. The Labute approximate surface area is 91.1 Å². The number of carbonyl (C=O) groups is 1. The van der Waals surface area contributed by atoms with Crippen molar-refractivity contribution in [3.05, 3.63) is 12.2 Å². The van der Waals surface area contributed by atoms with Crippen molar-refractivity contribution in [1.29, 1.82) is 0 Å². The van der Waals surface area contributed by atoms with E-state index in [-0.39, 0.29) is 17.9 Å². The van der Waals surface area contributed by atoms with E-state index in [1.165, 1.54) is 19.3 Å². The van der Waals surface area contributed by atoms with Crippen LogP contribution in [0.15, 0.2) is 12.2 Å². The molecule has 0 aliphatic heterocycles. The maximum Gasteiger partial charge on any atom is 0.227 e. The van der Waals surface area contributed by atoms with Crippen molar-refractivity contribution in [3.8, 4) is 0 Å². The molecule has 2 unspecified atom stereocenters. The van der Waals surface area contributed by atoms with Crippen molar-refractivity contribution in [2.24, 2.45) is 11.7 Å². The summed E-state index contributed by atoms with van der Waals surface area (Å²) in [6.07, 6.45) is 10.8. The highest BCUT2D eigenvalue weighted by atomic mass is 16.1. The van der Waals surface area contributed by atoms with Gasteiger partial charge in [0, 0.05) is 12.1 Å². The Morgan fingerprint density at radius 2 is 1.93 bits per heavy atom.